The van der Waals surface area contributed by atoms with E-state index in [9.17, 15) is 9.59 Å². The summed E-state index contributed by atoms with van der Waals surface area (Å²) in [6.45, 7) is 5.22. The minimum atomic E-state index is 0.00944. The average Bonchev–Trinajstić information content (AvgIpc) is 3.29. The molecule has 4 heterocycles. The normalized spacial score (nSPS) is 18.1. The van der Waals surface area contributed by atoms with Gasteiger partial charge in [0.1, 0.15) is 0 Å². The third kappa shape index (κ3) is 4.64. The molecule has 172 valence electrons. The van der Waals surface area contributed by atoms with Gasteiger partial charge in [0.05, 0.1) is 26.0 Å². The minimum absolute atomic E-state index is 0.00944. The molecule has 0 aliphatic carbocycles. The molecule has 5 rings (SSSR count). The second-order valence-corrected chi connectivity index (χ2v) is 11.0. The van der Waals surface area contributed by atoms with Crippen molar-refractivity contribution in [2.75, 3.05) is 26.2 Å². The molecule has 5 nitrogen and oxygen atoms in total. The third-order valence-corrected chi connectivity index (χ3v) is 8.25. The Morgan fingerprint density at radius 2 is 1.67 bits per heavy atom. The van der Waals surface area contributed by atoms with Gasteiger partial charge < -0.3 is 9.80 Å². The van der Waals surface area contributed by atoms with Crippen LogP contribution < -0.4 is 0 Å². The lowest BCUT2D eigenvalue weighted by Gasteiger charge is -2.36. The predicted octanol–water partition coefficient (Wildman–Crippen LogP) is 5.73. The zero-order valence-corrected chi connectivity index (χ0v) is 20.4. The quantitative estimate of drug-likeness (QED) is 0.480. The zero-order chi connectivity index (χ0) is 22.9. The fourth-order valence-corrected chi connectivity index (χ4v) is 5.92. The summed E-state index contributed by atoms with van der Waals surface area (Å²) >= 11 is 7.60. The van der Waals surface area contributed by atoms with Gasteiger partial charge in [0.2, 0.25) is 5.91 Å². The van der Waals surface area contributed by atoms with Crippen LogP contribution in [0.2, 0.25) is 4.34 Å². The number of aromatic nitrogens is 1. The number of hydrogen-bond donors (Lipinski definition) is 0. The number of hydrogen-bond acceptors (Lipinski definition) is 4. The molecule has 2 aliphatic heterocycles. The van der Waals surface area contributed by atoms with E-state index >= 15 is 0 Å². The summed E-state index contributed by atoms with van der Waals surface area (Å²) in [5, 5.41) is 0.856. The van der Waals surface area contributed by atoms with Crippen LogP contribution in [0.25, 0.3) is 21.5 Å². The summed E-state index contributed by atoms with van der Waals surface area (Å²) in [6.07, 6.45) is 3.64. The second kappa shape index (κ2) is 9.43. The Kier molecular flexibility index (Phi) is 6.39. The smallest absolute Gasteiger partial charge is 0.254 e. The van der Waals surface area contributed by atoms with Crippen molar-refractivity contribution in [2.24, 2.45) is 11.8 Å². The van der Waals surface area contributed by atoms with Crippen LogP contribution in [0, 0.1) is 11.8 Å². The highest BCUT2D eigenvalue weighted by Crippen LogP contribution is 2.33. The molecule has 0 saturated carbocycles. The van der Waals surface area contributed by atoms with E-state index in [2.05, 4.69) is 6.92 Å². The lowest BCUT2D eigenvalue weighted by Crippen LogP contribution is -2.46. The Labute approximate surface area is 203 Å². The molecular formula is C26H28ClN3O2S. The van der Waals surface area contributed by atoms with Crippen molar-refractivity contribution in [3.05, 3.63) is 52.4 Å². The van der Waals surface area contributed by atoms with Crippen LogP contribution in [-0.4, -0.2) is 52.8 Å². The number of carbonyl (C=O) groups is 2. The maximum atomic E-state index is 13.6. The molecule has 0 N–H and O–H groups in total. The average molecular weight is 482 g/mol. The Hall–Kier alpha value is -2.44. The lowest BCUT2D eigenvalue weighted by molar-refractivity contribution is -0.138. The molecule has 0 radical (unpaired) electrons. The van der Waals surface area contributed by atoms with Crippen molar-refractivity contribution in [3.63, 3.8) is 0 Å². The Bertz CT molecular complexity index is 1180. The van der Waals surface area contributed by atoms with Crippen LogP contribution >= 0.6 is 22.9 Å². The number of pyridine rings is 1. The van der Waals surface area contributed by atoms with E-state index in [1.54, 1.807) is 0 Å². The van der Waals surface area contributed by atoms with E-state index < -0.39 is 0 Å². The first-order valence-electron chi connectivity index (χ1n) is 11.7. The highest BCUT2D eigenvalue weighted by Gasteiger charge is 2.32. The molecule has 0 spiro atoms. The van der Waals surface area contributed by atoms with Gasteiger partial charge in [0, 0.05) is 37.5 Å². The lowest BCUT2D eigenvalue weighted by atomic mass is 9.92. The first-order valence-corrected chi connectivity index (χ1v) is 12.9. The van der Waals surface area contributed by atoms with Crippen molar-refractivity contribution in [1.82, 2.24) is 14.8 Å². The molecule has 2 aliphatic rings. The Morgan fingerprint density at radius 3 is 2.36 bits per heavy atom. The first-order chi connectivity index (χ1) is 16.0. The highest BCUT2D eigenvalue weighted by molar-refractivity contribution is 7.19. The van der Waals surface area contributed by atoms with Crippen LogP contribution in [-0.2, 0) is 4.79 Å². The molecule has 3 aromatic rings. The maximum Gasteiger partial charge on any atom is 0.254 e. The number of fused-ring (bicyclic) bond motifs is 1. The number of halogens is 1. The molecule has 7 heteroatoms. The van der Waals surface area contributed by atoms with E-state index in [0.29, 0.717) is 28.9 Å². The minimum Gasteiger partial charge on any atom is -0.342 e. The van der Waals surface area contributed by atoms with Gasteiger partial charge >= 0.3 is 0 Å². The summed E-state index contributed by atoms with van der Waals surface area (Å²) in [5.41, 5.74) is 2.22. The Balaban J connectivity index is 1.34. The highest BCUT2D eigenvalue weighted by atomic mass is 35.5. The van der Waals surface area contributed by atoms with Crippen LogP contribution in [0.15, 0.2) is 42.5 Å². The molecule has 2 amide bonds. The standard InChI is InChI=1S/C26H28ClN3O2S/c1-17-8-12-29(13-9-17)25(31)18-10-14-30(15-11-18)26(32)20-16-22(23-6-7-24(27)33-23)28-21-5-3-2-4-19(20)21/h2-7,16-18H,8-15H2,1H3. The molecule has 0 unspecified atom stereocenters. The van der Waals surface area contributed by atoms with E-state index in [4.69, 9.17) is 16.6 Å². The number of nitrogens with zero attached hydrogens (tertiary/aromatic N) is 3. The molecule has 0 bridgehead atoms. The SMILES string of the molecule is CC1CCN(C(=O)C2CCN(C(=O)c3cc(-c4ccc(Cl)s4)nc4ccccc34)CC2)CC1. The number of carbonyl (C=O) groups excluding carboxylic acids is 2. The predicted molar refractivity (Wildman–Crippen MR) is 134 cm³/mol. The van der Waals surface area contributed by atoms with Gasteiger partial charge in [-0.3, -0.25) is 9.59 Å². The van der Waals surface area contributed by atoms with Crippen molar-refractivity contribution in [1.29, 1.82) is 0 Å². The van der Waals surface area contributed by atoms with E-state index in [0.717, 1.165) is 60.2 Å². The topological polar surface area (TPSA) is 53.5 Å². The third-order valence-electron chi connectivity index (χ3n) is 7.00. The summed E-state index contributed by atoms with van der Waals surface area (Å²) in [5.74, 6) is 1.02. The van der Waals surface area contributed by atoms with Gasteiger partial charge in [-0.25, -0.2) is 4.98 Å². The summed E-state index contributed by atoms with van der Waals surface area (Å²) in [7, 11) is 0. The van der Waals surface area contributed by atoms with E-state index in [1.165, 1.54) is 11.3 Å². The van der Waals surface area contributed by atoms with Gasteiger partial charge in [-0.1, -0.05) is 36.7 Å². The van der Waals surface area contributed by atoms with Crippen LogP contribution in [0.4, 0.5) is 0 Å². The van der Waals surface area contributed by atoms with Gasteiger partial charge in [-0.2, -0.15) is 0 Å². The van der Waals surface area contributed by atoms with Gasteiger partial charge in [-0.05, 0) is 55.9 Å². The molecule has 2 saturated heterocycles. The summed E-state index contributed by atoms with van der Waals surface area (Å²) in [4.78, 5) is 36.2. The number of para-hydroxylation sites is 1. The van der Waals surface area contributed by atoms with Crippen LogP contribution in [0.1, 0.15) is 43.0 Å². The number of likely N-dealkylation sites (tertiary alicyclic amines) is 2. The zero-order valence-electron chi connectivity index (χ0n) is 18.8. The van der Waals surface area contributed by atoms with Crippen molar-refractivity contribution < 1.29 is 9.59 Å². The van der Waals surface area contributed by atoms with E-state index in [-0.39, 0.29) is 17.7 Å². The number of piperidine rings is 2. The molecule has 0 atom stereocenters. The molecule has 2 aromatic heterocycles. The summed E-state index contributed by atoms with van der Waals surface area (Å²) in [6, 6.07) is 13.4. The molecule has 2 fully saturated rings. The monoisotopic (exact) mass is 481 g/mol. The van der Waals surface area contributed by atoms with Crippen LogP contribution in [0.5, 0.6) is 0 Å². The molecule has 33 heavy (non-hydrogen) atoms. The van der Waals surface area contributed by atoms with Gasteiger partial charge in [0.25, 0.3) is 5.91 Å². The number of amides is 2. The molecular weight excluding hydrogens is 454 g/mol. The first kappa shape index (κ1) is 22.4. The fourth-order valence-electron chi connectivity index (χ4n) is 4.92. The number of benzene rings is 1. The van der Waals surface area contributed by atoms with Crippen molar-refractivity contribution >= 4 is 45.7 Å². The maximum absolute atomic E-state index is 13.6. The fraction of sp³-hybridized carbons (Fsp3) is 0.423. The van der Waals surface area contributed by atoms with Gasteiger partial charge in [-0.15, -0.1) is 11.3 Å². The molecule has 1 aromatic carbocycles. The van der Waals surface area contributed by atoms with Crippen LogP contribution in [0.3, 0.4) is 0 Å². The van der Waals surface area contributed by atoms with Crippen molar-refractivity contribution in [3.8, 4) is 10.6 Å². The number of thiophene rings is 1. The van der Waals surface area contributed by atoms with Gasteiger partial charge in [0.15, 0.2) is 0 Å². The second-order valence-electron chi connectivity index (χ2n) is 9.25. The summed E-state index contributed by atoms with van der Waals surface area (Å²) < 4.78 is 0.697. The number of rotatable bonds is 3. The van der Waals surface area contributed by atoms with Crippen molar-refractivity contribution in [2.45, 2.75) is 32.6 Å². The Morgan fingerprint density at radius 1 is 0.970 bits per heavy atom. The van der Waals surface area contributed by atoms with E-state index in [1.807, 2.05) is 52.3 Å². The largest absolute Gasteiger partial charge is 0.342 e.